The van der Waals surface area contributed by atoms with Crippen LogP contribution in [0.5, 0.6) is 11.5 Å². The number of hydrogen-bond donors (Lipinski definition) is 0. The number of benzene rings is 2. The lowest BCUT2D eigenvalue weighted by Crippen LogP contribution is -2.02. The molecule has 0 aliphatic rings. The fourth-order valence-corrected chi connectivity index (χ4v) is 2.70. The van der Waals surface area contributed by atoms with Gasteiger partial charge in [-0.1, -0.05) is 36.4 Å². The summed E-state index contributed by atoms with van der Waals surface area (Å²) in [5, 5.41) is 0. The summed E-state index contributed by atoms with van der Waals surface area (Å²) in [7, 11) is 0. The molecule has 0 aliphatic heterocycles. The van der Waals surface area contributed by atoms with Crippen LogP contribution >= 0.6 is 23.2 Å². The van der Waals surface area contributed by atoms with Crippen LogP contribution in [-0.4, -0.2) is 13.2 Å². The van der Waals surface area contributed by atoms with Gasteiger partial charge in [0, 0.05) is 11.1 Å². The molecule has 0 atom stereocenters. The van der Waals surface area contributed by atoms with Gasteiger partial charge in [0.15, 0.2) is 0 Å². The van der Waals surface area contributed by atoms with E-state index in [1.807, 2.05) is 48.5 Å². The minimum absolute atomic E-state index is 0.476. The lowest BCUT2D eigenvalue weighted by molar-refractivity contribution is 0.277. The Morgan fingerprint density at radius 3 is 1.48 bits per heavy atom. The highest BCUT2D eigenvalue weighted by atomic mass is 35.5. The number of unbranched alkanes of at least 4 members (excludes halogenated alkanes) is 2. The van der Waals surface area contributed by atoms with Crippen molar-refractivity contribution in [2.24, 2.45) is 0 Å². The van der Waals surface area contributed by atoms with E-state index in [9.17, 15) is 0 Å². The molecule has 2 aromatic carbocycles. The van der Waals surface area contributed by atoms with Gasteiger partial charge in [0.25, 0.3) is 0 Å². The standard InChI is InChI=1S/C19H22Cl2O2/c20-14-16-8-2-4-10-18(16)22-12-6-1-7-13-23-19-11-5-3-9-17(19)15-21/h2-5,8-11H,1,6-7,12-15H2. The Morgan fingerprint density at radius 2 is 1.04 bits per heavy atom. The molecule has 0 N–H and O–H groups in total. The second-order valence-electron chi connectivity index (χ2n) is 5.24. The minimum Gasteiger partial charge on any atom is -0.493 e. The van der Waals surface area contributed by atoms with Gasteiger partial charge in [0.05, 0.1) is 25.0 Å². The normalized spacial score (nSPS) is 10.5. The van der Waals surface area contributed by atoms with Crippen molar-refractivity contribution in [2.45, 2.75) is 31.0 Å². The summed E-state index contributed by atoms with van der Waals surface area (Å²) < 4.78 is 11.6. The SMILES string of the molecule is ClCc1ccccc1OCCCCCOc1ccccc1CCl. The molecule has 0 aromatic heterocycles. The first-order chi connectivity index (χ1) is 11.3. The highest BCUT2D eigenvalue weighted by Gasteiger charge is 2.02. The topological polar surface area (TPSA) is 18.5 Å². The number of alkyl halides is 2. The van der Waals surface area contributed by atoms with Crippen LogP contribution in [0.15, 0.2) is 48.5 Å². The minimum atomic E-state index is 0.476. The van der Waals surface area contributed by atoms with E-state index in [0.29, 0.717) is 25.0 Å². The molecule has 0 saturated heterocycles. The Kier molecular flexibility index (Phi) is 8.13. The third kappa shape index (κ3) is 5.96. The first-order valence-electron chi connectivity index (χ1n) is 7.88. The zero-order valence-corrected chi connectivity index (χ0v) is 14.7. The maximum atomic E-state index is 5.89. The lowest BCUT2D eigenvalue weighted by Gasteiger charge is -2.11. The molecular formula is C19H22Cl2O2. The summed E-state index contributed by atoms with van der Waals surface area (Å²) in [6.45, 7) is 1.40. The third-order valence-corrected chi connectivity index (χ3v) is 4.11. The van der Waals surface area contributed by atoms with Crippen molar-refractivity contribution in [3.63, 3.8) is 0 Å². The third-order valence-electron chi connectivity index (χ3n) is 3.54. The van der Waals surface area contributed by atoms with Crippen LogP contribution in [0.2, 0.25) is 0 Å². The van der Waals surface area contributed by atoms with E-state index in [-0.39, 0.29) is 0 Å². The molecule has 23 heavy (non-hydrogen) atoms. The Morgan fingerprint density at radius 1 is 0.609 bits per heavy atom. The van der Waals surface area contributed by atoms with Crippen molar-refractivity contribution < 1.29 is 9.47 Å². The molecule has 2 nitrogen and oxygen atoms in total. The predicted octanol–water partition coefficient (Wildman–Crippen LogP) is 5.79. The summed E-state index contributed by atoms with van der Waals surface area (Å²) in [4.78, 5) is 0. The summed E-state index contributed by atoms with van der Waals surface area (Å²) in [6.07, 6.45) is 3.06. The Hall–Kier alpha value is -1.38. The van der Waals surface area contributed by atoms with Gasteiger partial charge >= 0.3 is 0 Å². The van der Waals surface area contributed by atoms with E-state index in [1.54, 1.807) is 0 Å². The monoisotopic (exact) mass is 352 g/mol. The molecule has 0 unspecified atom stereocenters. The lowest BCUT2D eigenvalue weighted by atomic mass is 10.2. The Balaban J connectivity index is 1.61. The van der Waals surface area contributed by atoms with Gasteiger partial charge in [-0.25, -0.2) is 0 Å². The van der Waals surface area contributed by atoms with Crippen LogP contribution in [0.25, 0.3) is 0 Å². The predicted molar refractivity (Wildman–Crippen MR) is 96.8 cm³/mol. The molecule has 0 saturated carbocycles. The molecule has 2 rings (SSSR count). The maximum Gasteiger partial charge on any atom is 0.123 e. The fourth-order valence-electron chi connectivity index (χ4n) is 2.26. The van der Waals surface area contributed by atoms with Gasteiger partial charge in [-0.15, -0.1) is 23.2 Å². The zero-order chi connectivity index (χ0) is 16.3. The quantitative estimate of drug-likeness (QED) is 0.397. The fraction of sp³-hybridized carbons (Fsp3) is 0.368. The molecule has 0 aliphatic carbocycles. The summed E-state index contributed by atoms with van der Waals surface area (Å²) >= 11 is 11.8. The van der Waals surface area contributed by atoms with Gasteiger partial charge in [-0.2, -0.15) is 0 Å². The molecule has 0 bridgehead atoms. The van der Waals surface area contributed by atoms with Gasteiger partial charge in [0.1, 0.15) is 11.5 Å². The van der Waals surface area contributed by atoms with Crippen LogP contribution in [-0.2, 0) is 11.8 Å². The van der Waals surface area contributed by atoms with E-state index in [1.165, 1.54) is 0 Å². The number of halogens is 2. The van der Waals surface area contributed by atoms with E-state index < -0.39 is 0 Å². The van der Waals surface area contributed by atoms with E-state index in [4.69, 9.17) is 32.7 Å². The largest absolute Gasteiger partial charge is 0.493 e. The molecule has 0 fully saturated rings. The zero-order valence-electron chi connectivity index (χ0n) is 13.1. The van der Waals surface area contributed by atoms with Gasteiger partial charge in [0.2, 0.25) is 0 Å². The van der Waals surface area contributed by atoms with E-state index in [0.717, 1.165) is 41.9 Å². The van der Waals surface area contributed by atoms with Crippen molar-refractivity contribution >= 4 is 23.2 Å². The Labute approximate surface area is 148 Å². The van der Waals surface area contributed by atoms with Crippen molar-refractivity contribution in [2.75, 3.05) is 13.2 Å². The molecule has 0 spiro atoms. The average Bonchev–Trinajstić information content (AvgIpc) is 2.61. The molecular weight excluding hydrogens is 331 g/mol. The maximum absolute atomic E-state index is 5.89. The van der Waals surface area contributed by atoms with Crippen molar-refractivity contribution in [1.82, 2.24) is 0 Å². The molecule has 0 amide bonds. The smallest absolute Gasteiger partial charge is 0.123 e. The highest BCUT2D eigenvalue weighted by molar-refractivity contribution is 6.17. The van der Waals surface area contributed by atoms with Crippen LogP contribution in [0.4, 0.5) is 0 Å². The van der Waals surface area contributed by atoms with Crippen LogP contribution in [0, 0.1) is 0 Å². The van der Waals surface area contributed by atoms with Crippen LogP contribution in [0.1, 0.15) is 30.4 Å². The van der Waals surface area contributed by atoms with Crippen molar-refractivity contribution in [1.29, 1.82) is 0 Å². The molecule has 4 heteroatoms. The second-order valence-corrected chi connectivity index (χ2v) is 5.77. The van der Waals surface area contributed by atoms with E-state index in [2.05, 4.69) is 0 Å². The van der Waals surface area contributed by atoms with Crippen LogP contribution < -0.4 is 9.47 Å². The number of ether oxygens (including phenoxy) is 2. The number of para-hydroxylation sites is 2. The first-order valence-corrected chi connectivity index (χ1v) is 8.95. The molecule has 0 radical (unpaired) electrons. The van der Waals surface area contributed by atoms with Gasteiger partial charge in [-0.3, -0.25) is 0 Å². The number of rotatable bonds is 10. The van der Waals surface area contributed by atoms with Crippen LogP contribution in [0.3, 0.4) is 0 Å². The Bertz CT molecular complexity index is 536. The molecule has 2 aromatic rings. The summed E-state index contributed by atoms with van der Waals surface area (Å²) in [5.74, 6) is 2.72. The summed E-state index contributed by atoms with van der Waals surface area (Å²) in [5.41, 5.74) is 2.07. The first kappa shape index (κ1) is 18.0. The van der Waals surface area contributed by atoms with Crippen molar-refractivity contribution in [3.05, 3.63) is 59.7 Å². The highest BCUT2D eigenvalue weighted by Crippen LogP contribution is 2.21. The second kappa shape index (κ2) is 10.4. The molecule has 0 heterocycles. The average molecular weight is 353 g/mol. The van der Waals surface area contributed by atoms with Gasteiger partial charge in [-0.05, 0) is 31.4 Å². The summed E-state index contributed by atoms with van der Waals surface area (Å²) in [6, 6.07) is 15.8. The number of hydrogen-bond acceptors (Lipinski definition) is 2. The van der Waals surface area contributed by atoms with Gasteiger partial charge < -0.3 is 9.47 Å². The van der Waals surface area contributed by atoms with E-state index >= 15 is 0 Å². The van der Waals surface area contributed by atoms with Crippen molar-refractivity contribution in [3.8, 4) is 11.5 Å². The molecule has 124 valence electrons.